The van der Waals surface area contributed by atoms with Gasteiger partial charge in [-0.15, -0.1) is 0 Å². The van der Waals surface area contributed by atoms with E-state index in [-0.39, 0.29) is 24.2 Å². The van der Waals surface area contributed by atoms with Gasteiger partial charge in [-0.05, 0) is 23.1 Å². The first-order valence-electron chi connectivity index (χ1n) is 13.0. The number of hydrogen-bond acceptors (Lipinski definition) is 6. The molecule has 1 aliphatic heterocycles. The zero-order chi connectivity index (χ0) is 25.5. The van der Waals surface area contributed by atoms with Gasteiger partial charge < -0.3 is 19.1 Å². The predicted octanol–water partition coefficient (Wildman–Crippen LogP) is 5.80. The summed E-state index contributed by atoms with van der Waals surface area (Å²) in [5, 5.41) is 1.41. The summed E-state index contributed by atoms with van der Waals surface area (Å²) in [4.78, 5) is 7.24. The van der Waals surface area contributed by atoms with E-state index < -0.39 is 0 Å². The Morgan fingerprint density at radius 2 is 1.24 bits per heavy atom. The predicted molar refractivity (Wildman–Crippen MR) is 151 cm³/mol. The van der Waals surface area contributed by atoms with Crippen LogP contribution >= 0.6 is 11.8 Å². The fourth-order valence-corrected chi connectivity index (χ4v) is 6.42. The van der Waals surface area contributed by atoms with E-state index >= 15 is 0 Å². The van der Waals surface area contributed by atoms with Crippen LogP contribution in [0.5, 0.6) is 0 Å². The molecule has 0 N–H and O–H groups in total. The maximum Gasteiger partial charge on any atom is 0.159 e. The van der Waals surface area contributed by atoms with Crippen molar-refractivity contribution in [3.63, 3.8) is 0 Å². The standard InChI is InChI=1S/C31H36N2O3S/c1-33(2)31-32-28-27(37-31)18-26(22-34-19-23-12-6-3-7-13-23)29(35-20-24-14-8-4-9-15-24)30(28)36-21-25-16-10-5-11-17-25/h3-17,26-30H,18-22H2,1-2H3/t26-,27+,28+,29-,30-/m1/s1. The molecule has 0 aromatic heterocycles. The molecule has 0 saturated heterocycles. The highest BCUT2D eigenvalue weighted by molar-refractivity contribution is 8.14. The molecule has 5 nitrogen and oxygen atoms in total. The van der Waals surface area contributed by atoms with Crippen LogP contribution in [-0.2, 0) is 34.0 Å². The lowest BCUT2D eigenvalue weighted by atomic mass is 9.81. The third kappa shape index (κ3) is 6.82. The molecule has 3 aromatic carbocycles. The number of fused-ring (bicyclic) bond motifs is 1. The van der Waals surface area contributed by atoms with Gasteiger partial charge in [0, 0.05) is 25.3 Å². The van der Waals surface area contributed by atoms with Gasteiger partial charge in [0.2, 0.25) is 0 Å². The summed E-state index contributed by atoms with van der Waals surface area (Å²) in [6, 6.07) is 31.1. The lowest BCUT2D eigenvalue weighted by molar-refractivity contribution is -0.145. The summed E-state index contributed by atoms with van der Waals surface area (Å²) in [5.74, 6) is 0.207. The van der Waals surface area contributed by atoms with Gasteiger partial charge in [0.25, 0.3) is 0 Å². The minimum absolute atomic E-state index is 0.0530. The van der Waals surface area contributed by atoms with E-state index in [4.69, 9.17) is 19.2 Å². The Bertz CT molecular complexity index is 1130. The molecule has 1 aliphatic carbocycles. The molecule has 6 heteroatoms. The lowest BCUT2D eigenvalue weighted by Gasteiger charge is -2.42. The van der Waals surface area contributed by atoms with E-state index in [1.165, 1.54) is 5.56 Å². The Morgan fingerprint density at radius 1 is 0.730 bits per heavy atom. The molecule has 0 radical (unpaired) electrons. The second-order valence-electron chi connectivity index (χ2n) is 9.97. The van der Waals surface area contributed by atoms with Gasteiger partial charge in [0.15, 0.2) is 5.17 Å². The van der Waals surface area contributed by atoms with Gasteiger partial charge in [-0.2, -0.15) is 0 Å². The first kappa shape index (κ1) is 26.0. The van der Waals surface area contributed by atoms with Crippen molar-refractivity contribution < 1.29 is 14.2 Å². The fourth-order valence-electron chi connectivity index (χ4n) is 5.06. The Balaban J connectivity index is 1.37. The maximum absolute atomic E-state index is 6.69. The normalized spacial score (nSPS) is 24.9. The van der Waals surface area contributed by atoms with Crippen LogP contribution in [0.15, 0.2) is 96.0 Å². The topological polar surface area (TPSA) is 43.3 Å². The molecule has 1 saturated carbocycles. The zero-order valence-electron chi connectivity index (χ0n) is 21.6. The number of hydrogen-bond donors (Lipinski definition) is 0. The molecule has 0 spiro atoms. The summed E-state index contributed by atoms with van der Waals surface area (Å²) >= 11 is 1.86. The van der Waals surface area contributed by atoms with E-state index in [9.17, 15) is 0 Å². The van der Waals surface area contributed by atoms with E-state index in [0.717, 1.165) is 22.7 Å². The Labute approximate surface area is 224 Å². The summed E-state index contributed by atoms with van der Waals surface area (Å²) in [6.45, 7) is 2.30. The van der Waals surface area contributed by atoms with Crippen LogP contribution < -0.4 is 0 Å². The van der Waals surface area contributed by atoms with Crippen molar-refractivity contribution in [1.82, 2.24) is 4.90 Å². The first-order valence-corrected chi connectivity index (χ1v) is 13.9. The number of benzene rings is 3. The minimum Gasteiger partial charge on any atom is -0.376 e. The van der Waals surface area contributed by atoms with Crippen molar-refractivity contribution in [1.29, 1.82) is 0 Å². The van der Waals surface area contributed by atoms with Crippen molar-refractivity contribution in [2.45, 2.75) is 49.7 Å². The highest BCUT2D eigenvalue weighted by Gasteiger charge is 2.50. The number of nitrogens with zero attached hydrogens (tertiary/aromatic N) is 2. The Hall–Kier alpha value is -2.64. The van der Waals surface area contributed by atoms with Crippen LogP contribution in [0.1, 0.15) is 23.1 Å². The van der Waals surface area contributed by atoms with Crippen LogP contribution in [-0.4, -0.2) is 54.3 Å². The second kappa shape index (κ2) is 12.7. The van der Waals surface area contributed by atoms with E-state index in [1.807, 2.05) is 30.0 Å². The van der Waals surface area contributed by atoms with Gasteiger partial charge in [-0.1, -0.05) is 103 Å². The number of amidine groups is 1. The number of aliphatic imine (C=N–C) groups is 1. The number of rotatable bonds is 10. The van der Waals surface area contributed by atoms with Gasteiger partial charge in [0.1, 0.15) is 6.10 Å². The molecule has 3 aromatic rings. The highest BCUT2D eigenvalue weighted by atomic mass is 32.2. The third-order valence-corrected chi connectivity index (χ3v) is 8.41. The maximum atomic E-state index is 6.69. The van der Waals surface area contributed by atoms with Crippen molar-refractivity contribution in [2.24, 2.45) is 10.9 Å². The molecule has 2 aliphatic rings. The SMILES string of the molecule is CN(C)C1=N[C@@H]2[C@@H](OCc3ccccc3)[C@H](OCc3ccccc3)[C@@H](COCc3ccccc3)C[C@@H]2S1. The number of ether oxygens (including phenoxy) is 3. The van der Waals surface area contributed by atoms with E-state index in [1.54, 1.807) is 0 Å². The second-order valence-corrected chi connectivity index (χ2v) is 11.2. The minimum atomic E-state index is -0.155. The highest BCUT2D eigenvalue weighted by Crippen LogP contribution is 2.43. The summed E-state index contributed by atoms with van der Waals surface area (Å²) in [6.07, 6.45) is 0.708. The molecular weight excluding hydrogens is 480 g/mol. The first-order chi connectivity index (χ1) is 18.2. The molecule has 5 rings (SSSR count). The molecule has 0 bridgehead atoms. The molecule has 0 unspecified atom stereocenters. The molecule has 1 fully saturated rings. The zero-order valence-corrected chi connectivity index (χ0v) is 22.4. The third-order valence-electron chi connectivity index (χ3n) is 6.95. The van der Waals surface area contributed by atoms with Crippen molar-refractivity contribution in [2.75, 3.05) is 20.7 Å². The molecule has 37 heavy (non-hydrogen) atoms. The van der Waals surface area contributed by atoms with E-state index in [0.29, 0.717) is 31.7 Å². The Kier molecular flexibility index (Phi) is 8.95. The molecule has 0 amide bonds. The molecule has 1 heterocycles. The van der Waals surface area contributed by atoms with Crippen LogP contribution in [0.4, 0.5) is 0 Å². The van der Waals surface area contributed by atoms with Crippen molar-refractivity contribution in [3.05, 3.63) is 108 Å². The van der Waals surface area contributed by atoms with Crippen LogP contribution in [0.2, 0.25) is 0 Å². The summed E-state index contributed by atoms with van der Waals surface area (Å²) in [7, 11) is 4.12. The largest absolute Gasteiger partial charge is 0.376 e. The quantitative estimate of drug-likeness (QED) is 0.341. The molecular formula is C31H36N2O3S. The molecule has 194 valence electrons. The summed E-state index contributed by atoms with van der Waals surface area (Å²) in [5.41, 5.74) is 3.50. The average molecular weight is 517 g/mol. The Morgan fingerprint density at radius 3 is 1.78 bits per heavy atom. The van der Waals surface area contributed by atoms with Gasteiger partial charge in [0.05, 0.1) is 38.6 Å². The number of thioether (sulfide) groups is 1. The van der Waals surface area contributed by atoms with Gasteiger partial charge >= 0.3 is 0 Å². The van der Waals surface area contributed by atoms with Crippen LogP contribution in [0.3, 0.4) is 0 Å². The molecule has 5 atom stereocenters. The average Bonchev–Trinajstić information content (AvgIpc) is 3.37. The van der Waals surface area contributed by atoms with Gasteiger partial charge in [-0.3, -0.25) is 4.99 Å². The lowest BCUT2D eigenvalue weighted by Crippen LogP contribution is -2.54. The van der Waals surface area contributed by atoms with E-state index in [2.05, 4.69) is 91.8 Å². The smallest absolute Gasteiger partial charge is 0.159 e. The monoisotopic (exact) mass is 516 g/mol. The van der Waals surface area contributed by atoms with Crippen molar-refractivity contribution >= 4 is 16.9 Å². The van der Waals surface area contributed by atoms with Gasteiger partial charge in [-0.25, -0.2) is 0 Å². The summed E-state index contributed by atoms with van der Waals surface area (Å²) < 4.78 is 19.7. The van der Waals surface area contributed by atoms with Crippen molar-refractivity contribution in [3.8, 4) is 0 Å². The van der Waals surface area contributed by atoms with Crippen LogP contribution in [0, 0.1) is 5.92 Å². The fraction of sp³-hybridized carbons (Fsp3) is 0.387. The van der Waals surface area contributed by atoms with Crippen LogP contribution in [0.25, 0.3) is 0 Å².